The van der Waals surface area contributed by atoms with Crippen LogP contribution in [0.3, 0.4) is 0 Å². The van der Waals surface area contributed by atoms with Crippen molar-refractivity contribution in [2.24, 2.45) is 0 Å². The van der Waals surface area contributed by atoms with E-state index < -0.39 is 6.10 Å². The minimum absolute atomic E-state index is 0.105. The van der Waals surface area contributed by atoms with E-state index in [1.807, 2.05) is 13.8 Å². The monoisotopic (exact) mass is 226 g/mol. The molecule has 1 aromatic heterocycles. The summed E-state index contributed by atoms with van der Waals surface area (Å²) in [5.74, 6) is 0.442. The van der Waals surface area contributed by atoms with Gasteiger partial charge in [-0.25, -0.2) is 0 Å². The predicted molar refractivity (Wildman–Crippen MR) is 59.3 cm³/mol. The van der Waals surface area contributed by atoms with Crippen LogP contribution in [-0.4, -0.2) is 28.8 Å². The Morgan fingerprint density at radius 3 is 2.62 bits per heavy atom. The average molecular weight is 226 g/mol. The van der Waals surface area contributed by atoms with E-state index in [2.05, 4.69) is 10.5 Å². The SMILES string of the molecule is Cc1noc(C(C)C)c1C(=O)NC[C@H](C)O. The van der Waals surface area contributed by atoms with Gasteiger partial charge in [-0.1, -0.05) is 19.0 Å². The first-order valence-electron chi connectivity index (χ1n) is 5.36. The van der Waals surface area contributed by atoms with E-state index in [1.54, 1.807) is 13.8 Å². The van der Waals surface area contributed by atoms with Crippen molar-refractivity contribution in [2.75, 3.05) is 6.54 Å². The Kier molecular flexibility index (Phi) is 4.06. The second kappa shape index (κ2) is 5.12. The number of aryl methyl sites for hydroxylation is 1. The fourth-order valence-corrected chi connectivity index (χ4v) is 1.39. The molecule has 1 atom stereocenters. The van der Waals surface area contributed by atoms with Crippen LogP contribution >= 0.6 is 0 Å². The molecular weight excluding hydrogens is 208 g/mol. The molecule has 0 aliphatic heterocycles. The number of nitrogens with one attached hydrogen (secondary N) is 1. The number of aromatic nitrogens is 1. The smallest absolute Gasteiger partial charge is 0.256 e. The van der Waals surface area contributed by atoms with E-state index in [0.717, 1.165) is 0 Å². The number of nitrogens with zero attached hydrogens (tertiary/aromatic N) is 1. The molecule has 1 aromatic rings. The van der Waals surface area contributed by atoms with Gasteiger partial charge in [0.1, 0.15) is 5.56 Å². The molecular formula is C11H18N2O3. The summed E-state index contributed by atoms with van der Waals surface area (Å²) in [6, 6.07) is 0. The van der Waals surface area contributed by atoms with Crippen molar-refractivity contribution in [1.29, 1.82) is 0 Å². The van der Waals surface area contributed by atoms with Gasteiger partial charge in [0.05, 0.1) is 11.8 Å². The molecule has 0 radical (unpaired) electrons. The summed E-state index contributed by atoms with van der Waals surface area (Å²) in [5.41, 5.74) is 1.06. The first-order chi connectivity index (χ1) is 7.43. The van der Waals surface area contributed by atoms with Gasteiger partial charge in [-0.3, -0.25) is 4.79 Å². The van der Waals surface area contributed by atoms with Gasteiger partial charge in [0.2, 0.25) is 0 Å². The number of carbonyl (C=O) groups is 1. The molecule has 1 heterocycles. The van der Waals surface area contributed by atoms with Gasteiger partial charge in [-0.15, -0.1) is 0 Å². The van der Waals surface area contributed by atoms with Gasteiger partial charge < -0.3 is 14.9 Å². The maximum absolute atomic E-state index is 11.8. The molecule has 0 saturated heterocycles. The Hall–Kier alpha value is -1.36. The Labute approximate surface area is 94.8 Å². The maximum atomic E-state index is 11.8. The number of aliphatic hydroxyl groups is 1. The molecule has 90 valence electrons. The van der Waals surface area contributed by atoms with Crippen molar-refractivity contribution >= 4 is 5.91 Å². The van der Waals surface area contributed by atoms with Crippen molar-refractivity contribution < 1.29 is 14.4 Å². The molecule has 1 rings (SSSR count). The zero-order valence-corrected chi connectivity index (χ0v) is 10.1. The fraction of sp³-hybridized carbons (Fsp3) is 0.636. The van der Waals surface area contributed by atoms with E-state index in [1.165, 1.54) is 0 Å². The van der Waals surface area contributed by atoms with E-state index in [4.69, 9.17) is 9.63 Å². The highest BCUT2D eigenvalue weighted by atomic mass is 16.5. The van der Waals surface area contributed by atoms with Crippen LogP contribution in [0.25, 0.3) is 0 Å². The van der Waals surface area contributed by atoms with Crippen LogP contribution in [0.15, 0.2) is 4.52 Å². The Bertz CT molecular complexity index is 369. The molecule has 0 aliphatic rings. The van der Waals surface area contributed by atoms with Crippen molar-refractivity contribution in [3.8, 4) is 0 Å². The van der Waals surface area contributed by atoms with Gasteiger partial charge in [0.15, 0.2) is 5.76 Å². The van der Waals surface area contributed by atoms with Crippen LogP contribution in [0, 0.1) is 6.92 Å². The predicted octanol–water partition coefficient (Wildman–Crippen LogP) is 1.22. The summed E-state index contributed by atoms with van der Waals surface area (Å²) in [7, 11) is 0. The van der Waals surface area contributed by atoms with Gasteiger partial charge in [0.25, 0.3) is 5.91 Å². The van der Waals surface area contributed by atoms with E-state index in [9.17, 15) is 4.79 Å². The first-order valence-corrected chi connectivity index (χ1v) is 5.36. The lowest BCUT2D eigenvalue weighted by Gasteiger charge is -2.08. The van der Waals surface area contributed by atoms with Gasteiger partial charge in [-0.2, -0.15) is 0 Å². The van der Waals surface area contributed by atoms with E-state index >= 15 is 0 Å². The number of hydrogen-bond acceptors (Lipinski definition) is 4. The summed E-state index contributed by atoms with van der Waals surface area (Å²) in [5, 5.41) is 15.5. The normalized spacial score (nSPS) is 12.9. The molecule has 16 heavy (non-hydrogen) atoms. The molecule has 5 heteroatoms. The fourth-order valence-electron chi connectivity index (χ4n) is 1.39. The number of hydrogen-bond donors (Lipinski definition) is 2. The van der Waals surface area contributed by atoms with E-state index in [-0.39, 0.29) is 18.4 Å². The van der Waals surface area contributed by atoms with Gasteiger partial charge in [0, 0.05) is 12.5 Å². The van der Waals surface area contributed by atoms with Crippen LogP contribution in [-0.2, 0) is 0 Å². The van der Waals surface area contributed by atoms with Crippen LogP contribution in [0.2, 0.25) is 0 Å². The lowest BCUT2D eigenvalue weighted by Crippen LogP contribution is -2.31. The lowest BCUT2D eigenvalue weighted by atomic mass is 10.0. The molecule has 0 aliphatic carbocycles. The third-order valence-corrected chi connectivity index (χ3v) is 2.20. The highest BCUT2D eigenvalue weighted by Gasteiger charge is 2.22. The quantitative estimate of drug-likeness (QED) is 0.809. The van der Waals surface area contributed by atoms with Crippen LogP contribution in [0.1, 0.15) is 48.5 Å². The van der Waals surface area contributed by atoms with E-state index in [0.29, 0.717) is 17.0 Å². The topological polar surface area (TPSA) is 75.4 Å². The average Bonchev–Trinajstić information content (AvgIpc) is 2.56. The first kappa shape index (κ1) is 12.7. The maximum Gasteiger partial charge on any atom is 0.256 e. The lowest BCUT2D eigenvalue weighted by molar-refractivity contribution is 0.0921. The molecule has 2 N–H and O–H groups in total. The highest BCUT2D eigenvalue weighted by molar-refractivity contribution is 5.96. The van der Waals surface area contributed by atoms with Crippen molar-refractivity contribution in [3.05, 3.63) is 17.0 Å². The summed E-state index contributed by atoms with van der Waals surface area (Å²) < 4.78 is 5.11. The largest absolute Gasteiger partial charge is 0.392 e. The van der Waals surface area contributed by atoms with Gasteiger partial charge >= 0.3 is 0 Å². The van der Waals surface area contributed by atoms with Crippen molar-refractivity contribution in [2.45, 2.75) is 39.7 Å². The van der Waals surface area contributed by atoms with Crippen LogP contribution < -0.4 is 5.32 Å². The number of rotatable bonds is 4. The Morgan fingerprint density at radius 2 is 2.12 bits per heavy atom. The third kappa shape index (κ3) is 2.82. The molecule has 1 amide bonds. The summed E-state index contributed by atoms with van der Waals surface area (Å²) >= 11 is 0. The Morgan fingerprint density at radius 1 is 1.50 bits per heavy atom. The summed E-state index contributed by atoms with van der Waals surface area (Å²) in [6.07, 6.45) is -0.563. The molecule has 0 spiro atoms. The zero-order valence-electron chi connectivity index (χ0n) is 10.1. The Balaban J connectivity index is 2.85. The zero-order chi connectivity index (χ0) is 12.3. The highest BCUT2D eigenvalue weighted by Crippen LogP contribution is 2.21. The van der Waals surface area contributed by atoms with Crippen molar-refractivity contribution in [1.82, 2.24) is 10.5 Å². The molecule has 0 aromatic carbocycles. The number of aliphatic hydroxyl groups excluding tert-OH is 1. The molecule has 0 unspecified atom stereocenters. The van der Waals surface area contributed by atoms with Crippen molar-refractivity contribution in [3.63, 3.8) is 0 Å². The second-order valence-corrected chi connectivity index (χ2v) is 4.22. The molecule has 5 nitrogen and oxygen atoms in total. The van der Waals surface area contributed by atoms with Crippen LogP contribution in [0.4, 0.5) is 0 Å². The number of amides is 1. The van der Waals surface area contributed by atoms with Gasteiger partial charge in [-0.05, 0) is 13.8 Å². The molecule has 0 fully saturated rings. The third-order valence-electron chi connectivity index (χ3n) is 2.20. The second-order valence-electron chi connectivity index (χ2n) is 4.22. The summed E-state index contributed by atoms with van der Waals surface area (Å²) in [4.78, 5) is 11.8. The van der Waals surface area contributed by atoms with Crippen LogP contribution in [0.5, 0.6) is 0 Å². The number of carbonyl (C=O) groups excluding carboxylic acids is 1. The standard InChI is InChI=1S/C11H18N2O3/c1-6(2)10-9(8(4)13-16-10)11(15)12-5-7(3)14/h6-7,14H,5H2,1-4H3,(H,12,15)/t7-/m0/s1. The molecule has 0 bridgehead atoms. The molecule has 0 saturated carbocycles. The summed E-state index contributed by atoms with van der Waals surface area (Å²) in [6.45, 7) is 7.44. The minimum Gasteiger partial charge on any atom is -0.392 e. The minimum atomic E-state index is -0.563.